The molecule has 0 aromatic carbocycles. The number of hydrogen-bond donors (Lipinski definition) is 2. The van der Waals surface area contributed by atoms with Crippen molar-refractivity contribution in [1.82, 2.24) is 5.32 Å². The topological polar surface area (TPSA) is 58.6 Å². The molecule has 2 N–H and O–H groups in total. The van der Waals surface area contributed by atoms with Crippen LogP contribution in [0.2, 0.25) is 0 Å². The van der Waals surface area contributed by atoms with Crippen LogP contribution in [0, 0.1) is 11.8 Å². The van der Waals surface area contributed by atoms with Crippen LogP contribution < -0.4 is 5.32 Å². The van der Waals surface area contributed by atoms with Gasteiger partial charge in [-0.1, -0.05) is 0 Å². The number of aliphatic hydroxyl groups is 1. The first-order chi connectivity index (χ1) is 6.22. The van der Waals surface area contributed by atoms with Gasteiger partial charge in [-0.15, -0.1) is 0 Å². The second kappa shape index (κ2) is 3.27. The normalized spacial score (nSPS) is 43.2. The summed E-state index contributed by atoms with van der Waals surface area (Å²) in [6.45, 7) is 0.835. The lowest BCUT2D eigenvalue weighted by Gasteiger charge is -2.15. The summed E-state index contributed by atoms with van der Waals surface area (Å²) >= 11 is 0. The van der Waals surface area contributed by atoms with E-state index in [4.69, 9.17) is 4.74 Å². The van der Waals surface area contributed by atoms with E-state index in [1.54, 1.807) is 0 Å². The SMILES string of the molecule is COC(=O)[C@H]1NC[C@@H]2C[C@H](O)C[C@@H]21. The first kappa shape index (κ1) is 8.97. The molecule has 13 heavy (non-hydrogen) atoms. The molecule has 74 valence electrons. The van der Waals surface area contributed by atoms with Crippen LogP contribution in [0.3, 0.4) is 0 Å². The first-order valence-electron chi connectivity index (χ1n) is 4.71. The fraction of sp³-hybridized carbons (Fsp3) is 0.889. The van der Waals surface area contributed by atoms with Gasteiger partial charge >= 0.3 is 5.97 Å². The molecule has 0 amide bonds. The van der Waals surface area contributed by atoms with Crippen LogP contribution in [-0.4, -0.2) is 36.9 Å². The molecule has 2 rings (SSSR count). The fourth-order valence-electron chi connectivity index (χ4n) is 2.58. The minimum absolute atomic E-state index is 0.188. The molecular formula is C9H15NO3. The molecule has 0 aromatic heterocycles. The lowest BCUT2D eigenvalue weighted by Crippen LogP contribution is -2.37. The van der Waals surface area contributed by atoms with Crippen LogP contribution in [0.15, 0.2) is 0 Å². The Bertz CT molecular complexity index is 219. The third-order valence-corrected chi connectivity index (χ3v) is 3.21. The van der Waals surface area contributed by atoms with Crippen molar-refractivity contribution < 1.29 is 14.6 Å². The highest BCUT2D eigenvalue weighted by Crippen LogP contribution is 2.38. The molecule has 0 unspecified atom stereocenters. The van der Waals surface area contributed by atoms with Crippen molar-refractivity contribution in [3.8, 4) is 0 Å². The summed E-state index contributed by atoms with van der Waals surface area (Å²) in [5, 5.41) is 12.6. The van der Waals surface area contributed by atoms with Gasteiger partial charge < -0.3 is 15.2 Å². The maximum absolute atomic E-state index is 11.3. The molecule has 1 saturated carbocycles. The lowest BCUT2D eigenvalue weighted by molar-refractivity contribution is -0.143. The molecular weight excluding hydrogens is 170 g/mol. The fourth-order valence-corrected chi connectivity index (χ4v) is 2.58. The number of nitrogens with one attached hydrogen (secondary N) is 1. The van der Waals surface area contributed by atoms with Gasteiger partial charge in [0.15, 0.2) is 0 Å². The monoisotopic (exact) mass is 185 g/mol. The van der Waals surface area contributed by atoms with Gasteiger partial charge in [-0.25, -0.2) is 0 Å². The van der Waals surface area contributed by atoms with Gasteiger partial charge in [0.1, 0.15) is 6.04 Å². The second-order valence-electron chi connectivity index (χ2n) is 3.96. The zero-order valence-electron chi connectivity index (χ0n) is 7.69. The van der Waals surface area contributed by atoms with Crippen LogP contribution in [0.4, 0.5) is 0 Å². The summed E-state index contributed by atoms with van der Waals surface area (Å²) in [5.74, 6) is 0.545. The van der Waals surface area contributed by atoms with Crippen molar-refractivity contribution in [2.45, 2.75) is 25.0 Å². The number of esters is 1. The Morgan fingerprint density at radius 3 is 3.00 bits per heavy atom. The summed E-state index contributed by atoms with van der Waals surface area (Å²) in [6, 6.07) is -0.188. The van der Waals surface area contributed by atoms with Crippen molar-refractivity contribution in [2.24, 2.45) is 11.8 Å². The van der Waals surface area contributed by atoms with E-state index in [9.17, 15) is 9.90 Å². The highest BCUT2D eigenvalue weighted by molar-refractivity contribution is 5.76. The summed E-state index contributed by atoms with van der Waals surface area (Å²) < 4.78 is 4.69. The van der Waals surface area contributed by atoms with Gasteiger partial charge in [-0.3, -0.25) is 4.79 Å². The van der Waals surface area contributed by atoms with Crippen LogP contribution in [-0.2, 0) is 9.53 Å². The Labute approximate surface area is 77.3 Å². The number of carbonyl (C=O) groups is 1. The zero-order chi connectivity index (χ0) is 9.42. The summed E-state index contributed by atoms with van der Waals surface area (Å²) in [7, 11) is 1.41. The number of carbonyl (C=O) groups excluding carboxylic acids is 1. The summed E-state index contributed by atoms with van der Waals surface area (Å²) in [4.78, 5) is 11.3. The molecule has 2 aliphatic rings. The third kappa shape index (κ3) is 1.44. The summed E-state index contributed by atoms with van der Waals surface area (Å²) in [6.07, 6.45) is 1.34. The Balaban J connectivity index is 2.04. The van der Waals surface area contributed by atoms with E-state index in [0.717, 1.165) is 19.4 Å². The van der Waals surface area contributed by atoms with E-state index in [1.807, 2.05) is 0 Å². The van der Waals surface area contributed by atoms with E-state index in [1.165, 1.54) is 7.11 Å². The Morgan fingerprint density at radius 2 is 2.31 bits per heavy atom. The number of rotatable bonds is 1. The van der Waals surface area contributed by atoms with E-state index in [0.29, 0.717) is 5.92 Å². The molecule has 0 aromatic rings. The Kier molecular flexibility index (Phi) is 2.26. The van der Waals surface area contributed by atoms with Gasteiger partial charge in [-0.2, -0.15) is 0 Å². The first-order valence-corrected chi connectivity index (χ1v) is 4.71. The summed E-state index contributed by atoms with van der Waals surface area (Å²) in [5.41, 5.74) is 0. The minimum atomic E-state index is -0.218. The number of fused-ring (bicyclic) bond motifs is 1. The van der Waals surface area contributed by atoms with E-state index >= 15 is 0 Å². The van der Waals surface area contributed by atoms with Crippen molar-refractivity contribution in [1.29, 1.82) is 0 Å². The average molecular weight is 185 g/mol. The van der Waals surface area contributed by atoms with Crippen LogP contribution >= 0.6 is 0 Å². The van der Waals surface area contributed by atoms with Gasteiger partial charge in [0, 0.05) is 0 Å². The highest BCUT2D eigenvalue weighted by atomic mass is 16.5. The molecule has 4 heteroatoms. The third-order valence-electron chi connectivity index (χ3n) is 3.21. The molecule has 1 aliphatic carbocycles. The van der Waals surface area contributed by atoms with Gasteiger partial charge in [-0.05, 0) is 31.2 Å². The number of hydrogen-bond acceptors (Lipinski definition) is 4. The average Bonchev–Trinajstić information content (AvgIpc) is 2.61. The number of aliphatic hydroxyl groups excluding tert-OH is 1. The molecule has 4 nitrogen and oxygen atoms in total. The smallest absolute Gasteiger partial charge is 0.323 e. The standard InChI is InChI=1S/C9H15NO3/c1-13-9(12)8-7-3-6(11)2-5(7)4-10-8/h5-8,10-11H,2-4H2,1H3/t5-,6-,7-,8-/m0/s1. The van der Waals surface area contributed by atoms with Crippen molar-refractivity contribution in [3.05, 3.63) is 0 Å². The number of ether oxygens (including phenoxy) is 1. The van der Waals surface area contributed by atoms with Crippen molar-refractivity contribution >= 4 is 5.97 Å². The predicted molar refractivity (Wildman–Crippen MR) is 46.0 cm³/mol. The Hall–Kier alpha value is -0.610. The zero-order valence-corrected chi connectivity index (χ0v) is 7.69. The van der Waals surface area contributed by atoms with Gasteiger partial charge in [0.25, 0.3) is 0 Å². The molecule has 4 atom stereocenters. The largest absolute Gasteiger partial charge is 0.468 e. The van der Waals surface area contributed by atoms with Crippen LogP contribution in [0.5, 0.6) is 0 Å². The van der Waals surface area contributed by atoms with E-state index in [2.05, 4.69) is 5.32 Å². The lowest BCUT2D eigenvalue weighted by atomic mass is 9.94. The van der Waals surface area contributed by atoms with E-state index < -0.39 is 0 Å². The Morgan fingerprint density at radius 1 is 1.54 bits per heavy atom. The maximum atomic E-state index is 11.3. The van der Waals surface area contributed by atoms with E-state index in [-0.39, 0.29) is 24.0 Å². The highest BCUT2D eigenvalue weighted by Gasteiger charge is 2.46. The van der Waals surface area contributed by atoms with Crippen molar-refractivity contribution in [3.63, 3.8) is 0 Å². The number of methoxy groups -OCH3 is 1. The maximum Gasteiger partial charge on any atom is 0.323 e. The molecule has 1 saturated heterocycles. The minimum Gasteiger partial charge on any atom is -0.468 e. The molecule has 0 radical (unpaired) electrons. The van der Waals surface area contributed by atoms with Crippen LogP contribution in [0.25, 0.3) is 0 Å². The van der Waals surface area contributed by atoms with Gasteiger partial charge in [0.2, 0.25) is 0 Å². The predicted octanol–water partition coefficient (Wildman–Crippen LogP) is -0.482. The second-order valence-corrected chi connectivity index (χ2v) is 3.96. The molecule has 0 bridgehead atoms. The molecule has 1 heterocycles. The molecule has 1 aliphatic heterocycles. The molecule has 2 fully saturated rings. The van der Waals surface area contributed by atoms with Gasteiger partial charge in [0.05, 0.1) is 13.2 Å². The van der Waals surface area contributed by atoms with Crippen molar-refractivity contribution in [2.75, 3.05) is 13.7 Å². The quantitative estimate of drug-likeness (QED) is 0.542. The molecule has 0 spiro atoms. The van der Waals surface area contributed by atoms with Crippen LogP contribution in [0.1, 0.15) is 12.8 Å².